The molecule has 2 aromatic rings. The normalized spacial score (nSPS) is 21.1. The fraction of sp³-hybridized carbons (Fsp3) is 0.545. The van der Waals surface area contributed by atoms with Crippen LogP contribution in [0.15, 0.2) is 12.4 Å². The average Bonchev–Trinajstić information content (AvgIpc) is 2.75. The molecule has 0 aromatic carbocycles. The van der Waals surface area contributed by atoms with E-state index in [0.29, 0.717) is 18.7 Å². The Labute approximate surface area is 98.3 Å². The monoisotopic (exact) mass is 235 g/mol. The number of hydrogen-bond donors (Lipinski definition) is 0. The zero-order valence-corrected chi connectivity index (χ0v) is 9.67. The van der Waals surface area contributed by atoms with E-state index < -0.39 is 6.17 Å². The maximum atomic E-state index is 13.4. The minimum absolute atomic E-state index is 0.429. The lowest BCUT2D eigenvalue weighted by Gasteiger charge is -2.30. The molecule has 0 aliphatic carbocycles. The summed E-state index contributed by atoms with van der Waals surface area (Å²) in [6, 6.07) is 1.93. The highest BCUT2D eigenvalue weighted by molar-refractivity contribution is 5.47. The van der Waals surface area contributed by atoms with Crippen molar-refractivity contribution in [1.82, 2.24) is 19.6 Å². The smallest absolute Gasteiger partial charge is 0.254 e. The number of halogens is 1. The molecular formula is C11H14FN5. The molecule has 0 amide bonds. The number of aromatic nitrogens is 4. The average molecular weight is 235 g/mol. The molecule has 90 valence electrons. The Bertz CT molecular complexity index is 538. The van der Waals surface area contributed by atoms with Gasteiger partial charge < -0.3 is 4.90 Å². The molecule has 0 spiro atoms. The van der Waals surface area contributed by atoms with Gasteiger partial charge in [-0.15, -0.1) is 0 Å². The van der Waals surface area contributed by atoms with Crippen molar-refractivity contribution >= 4 is 11.6 Å². The molecule has 0 saturated carbocycles. The fourth-order valence-electron chi connectivity index (χ4n) is 2.27. The van der Waals surface area contributed by atoms with Crippen molar-refractivity contribution in [3.63, 3.8) is 0 Å². The lowest BCUT2D eigenvalue weighted by atomic mass is 10.1. The SMILES string of the molecule is Cc1cc(N2CCCC(F)C2)n2ncnc2n1. The summed E-state index contributed by atoms with van der Waals surface area (Å²) in [5, 5.41) is 4.14. The standard InChI is InChI=1S/C11H14FN5/c1-8-5-10(16-4-2-3-9(12)6-16)17-11(15-8)13-7-14-17/h5,7,9H,2-4,6H2,1H3. The van der Waals surface area contributed by atoms with E-state index in [2.05, 4.69) is 15.1 Å². The van der Waals surface area contributed by atoms with Crippen molar-refractivity contribution in [3.8, 4) is 0 Å². The second-order valence-electron chi connectivity index (χ2n) is 4.41. The maximum Gasteiger partial charge on any atom is 0.254 e. The Morgan fingerprint density at radius 2 is 2.35 bits per heavy atom. The maximum absolute atomic E-state index is 13.4. The quantitative estimate of drug-likeness (QED) is 0.749. The van der Waals surface area contributed by atoms with E-state index in [4.69, 9.17) is 0 Å². The Balaban J connectivity index is 2.06. The Morgan fingerprint density at radius 3 is 3.18 bits per heavy atom. The van der Waals surface area contributed by atoms with Crippen molar-refractivity contribution in [2.24, 2.45) is 0 Å². The van der Waals surface area contributed by atoms with E-state index >= 15 is 0 Å². The van der Waals surface area contributed by atoms with Gasteiger partial charge in [0.05, 0.1) is 6.54 Å². The number of alkyl halides is 1. The third kappa shape index (κ3) is 1.83. The predicted octanol–water partition coefficient (Wildman–Crippen LogP) is 1.37. The third-order valence-electron chi connectivity index (χ3n) is 3.05. The van der Waals surface area contributed by atoms with Gasteiger partial charge in [-0.2, -0.15) is 14.6 Å². The molecule has 1 aliphatic heterocycles. The molecule has 0 radical (unpaired) electrons. The van der Waals surface area contributed by atoms with Crippen LogP contribution in [0.5, 0.6) is 0 Å². The second kappa shape index (κ2) is 3.94. The molecule has 1 unspecified atom stereocenters. The van der Waals surface area contributed by atoms with Gasteiger partial charge in [0.2, 0.25) is 0 Å². The topological polar surface area (TPSA) is 46.3 Å². The van der Waals surface area contributed by atoms with Crippen LogP contribution in [-0.4, -0.2) is 38.8 Å². The van der Waals surface area contributed by atoms with Crippen LogP contribution in [0, 0.1) is 6.92 Å². The highest BCUT2D eigenvalue weighted by Gasteiger charge is 2.22. The first-order valence-electron chi connectivity index (χ1n) is 5.80. The fourth-order valence-corrected chi connectivity index (χ4v) is 2.27. The van der Waals surface area contributed by atoms with Gasteiger partial charge in [-0.1, -0.05) is 0 Å². The van der Waals surface area contributed by atoms with E-state index in [9.17, 15) is 4.39 Å². The van der Waals surface area contributed by atoms with Gasteiger partial charge in [-0.05, 0) is 19.8 Å². The van der Waals surface area contributed by atoms with Crippen LogP contribution in [0.4, 0.5) is 10.2 Å². The number of piperidine rings is 1. The lowest BCUT2D eigenvalue weighted by molar-refractivity contribution is 0.285. The minimum Gasteiger partial charge on any atom is -0.353 e. The number of anilines is 1. The van der Waals surface area contributed by atoms with Crippen LogP contribution in [0.3, 0.4) is 0 Å². The Hall–Kier alpha value is -1.72. The van der Waals surface area contributed by atoms with Gasteiger partial charge in [0.1, 0.15) is 18.3 Å². The van der Waals surface area contributed by atoms with Gasteiger partial charge in [0, 0.05) is 18.3 Å². The van der Waals surface area contributed by atoms with Crippen LogP contribution in [0.1, 0.15) is 18.5 Å². The molecule has 3 heterocycles. The molecule has 5 nitrogen and oxygen atoms in total. The predicted molar refractivity (Wildman–Crippen MR) is 61.9 cm³/mol. The summed E-state index contributed by atoms with van der Waals surface area (Å²) in [4.78, 5) is 10.4. The largest absolute Gasteiger partial charge is 0.353 e. The molecule has 6 heteroatoms. The third-order valence-corrected chi connectivity index (χ3v) is 3.05. The first-order valence-corrected chi connectivity index (χ1v) is 5.80. The molecule has 2 aromatic heterocycles. The second-order valence-corrected chi connectivity index (χ2v) is 4.41. The molecule has 1 fully saturated rings. The Morgan fingerprint density at radius 1 is 1.47 bits per heavy atom. The van der Waals surface area contributed by atoms with E-state index in [-0.39, 0.29) is 0 Å². The number of aryl methyl sites for hydroxylation is 1. The van der Waals surface area contributed by atoms with E-state index in [1.807, 2.05) is 17.9 Å². The highest BCUT2D eigenvalue weighted by atomic mass is 19.1. The summed E-state index contributed by atoms with van der Waals surface area (Å²) >= 11 is 0. The van der Waals surface area contributed by atoms with Gasteiger partial charge in [-0.3, -0.25) is 0 Å². The summed E-state index contributed by atoms with van der Waals surface area (Å²) in [7, 11) is 0. The van der Waals surface area contributed by atoms with Gasteiger partial charge in [0.15, 0.2) is 0 Å². The molecule has 0 N–H and O–H groups in total. The minimum atomic E-state index is -0.754. The van der Waals surface area contributed by atoms with Crippen LogP contribution in [0.25, 0.3) is 5.78 Å². The zero-order chi connectivity index (χ0) is 11.8. The van der Waals surface area contributed by atoms with Gasteiger partial charge in [-0.25, -0.2) is 9.37 Å². The summed E-state index contributed by atoms with van der Waals surface area (Å²) < 4.78 is 15.1. The van der Waals surface area contributed by atoms with Gasteiger partial charge >= 0.3 is 0 Å². The molecule has 1 atom stereocenters. The van der Waals surface area contributed by atoms with E-state index in [1.54, 1.807) is 4.52 Å². The number of fused-ring (bicyclic) bond motifs is 1. The van der Waals surface area contributed by atoms with Crippen molar-refractivity contribution in [2.75, 3.05) is 18.0 Å². The first kappa shape index (κ1) is 10.4. The van der Waals surface area contributed by atoms with E-state index in [0.717, 1.165) is 24.5 Å². The Kier molecular flexibility index (Phi) is 2.42. The molecule has 3 rings (SSSR count). The molecule has 1 saturated heterocycles. The highest BCUT2D eigenvalue weighted by Crippen LogP contribution is 2.21. The summed E-state index contributed by atoms with van der Waals surface area (Å²) in [5.74, 6) is 1.45. The molecular weight excluding hydrogens is 221 g/mol. The first-order chi connectivity index (χ1) is 8.24. The van der Waals surface area contributed by atoms with Crippen LogP contribution in [-0.2, 0) is 0 Å². The van der Waals surface area contributed by atoms with Crippen LogP contribution in [0.2, 0.25) is 0 Å². The van der Waals surface area contributed by atoms with Crippen LogP contribution >= 0.6 is 0 Å². The molecule has 17 heavy (non-hydrogen) atoms. The number of rotatable bonds is 1. The van der Waals surface area contributed by atoms with Crippen molar-refractivity contribution in [3.05, 3.63) is 18.1 Å². The van der Waals surface area contributed by atoms with Crippen molar-refractivity contribution < 1.29 is 4.39 Å². The van der Waals surface area contributed by atoms with Gasteiger partial charge in [0.25, 0.3) is 5.78 Å². The summed E-state index contributed by atoms with van der Waals surface area (Å²) in [6.07, 6.45) is 2.25. The lowest BCUT2D eigenvalue weighted by Crippen LogP contribution is -2.37. The van der Waals surface area contributed by atoms with Crippen molar-refractivity contribution in [1.29, 1.82) is 0 Å². The number of nitrogens with zero attached hydrogens (tertiary/aromatic N) is 5. The summed E-state index contributed by atoms with van der Waals surface area (Å²) in [6.45, 7) is 3.20. The van der Waals surface area contributed by atoms with Crippen LogP contribution < -0.4 is 4.90 Å². The van der Waals surface area contributed by atoms with E-state index in [1.165, 1.54) is 6.33 Å². The molecule has 1 aliphatic rings. The zero-order valence-electron chi connectivity index (χ0n) is 9.67. The molecule has 0 bridgehead atoms. The van der Waals surface area contributed by atoms with Crippen molar-refractivity contribution in [2.45, 2.75) is 25.9 Å². The summed E-state index contributed by atoms with van der Waals surface area (Å²) in [5.41, 5.74) is 0.876. The number of hydrogen-bond acceptors (Lipinski definition) is 4.